The van der Waals surface area contributed by atoms with Gasteiger partial charge in [-0.1, -0.05) is 32.6 Å². The second kappa shape index (κ2) is 6.13. The molecule has 1 rings (SSSR count). The van der Waals surface area contributed by atoms with Gasteiger partial charge in [0.2, 0.25) is 5.89 Å². The first-order chi connectivity index (χ1) is 6.33. The summed E-state index contributed by atoms with van der Waals surface area (Å²) in [6, 6.07) is 0. The summed E-state index contributed by atoms with van der Waals surface area (Å²) in [6.07, 6.45) is 7.23. The fourth-order valence-corrected chi connectivity index (χ4v) is 1.48. The highest BCUT2D eigenvalue weighted by atomic mass is 79.9. The maximum absolute atomic E-state index is 5.18. The minimum absolute atomic E-state index is 0.482. The van der Waals surface area contributed by atoms with Gasteiger partial charge in [0.1, 0.15) is 0 Å². The summed E-state index contributed by atoms with van der Waals surface area (Å²) < 4.78 is 5.18. The molecular weight excluding hydrogens is 232 g/mol. The van der Waals surface area contributed by atoms with E-state index in [1.54, 1.807) is 0 Å². The third kappa shape index (κ3) is 4.41. The minimum Gasteiger partial charge on any atom is -0.416 e. The monoisotopic (exact) mass is 246 g/mol. The Morgan fingerprint density at radius 1 is 1.15 bits per heavy atom. The summed E-state index contributed by atoms with van der Waals surface area (Å²) in [4.78, 5) is 0.482. The molecule has 0 N–H and O–H groups in total. The molecule has 13 heavy (non-hydrogen) atoms. The molecule has 0 saturated carbocycles. The average Bonchev–Trinajstić information content (AvgIpc) is 2.51. The van der Waals surface area contributed by atoms with Crippen molar-refractivity contribution in [2.45, 2.75) is 45.4 Å². The Balaban J connectivity index is 2.06. The van der Waals surface area contributed by atoms with Crippen molar-refractivity contribution >= 4 is 15.9 Å². The van der Waals surface area contributed by atoms with Crippen molar-refractivity contribution in [3.63, 3.8) is 0 Å². The molecule has 1 aromatic heterocycles. The van der Waals surface area contributed by atoms with Crippen molar-refractivity contribution in [3.05, 3.63) is 10.7 Å². The van der Waals surface area contributed by atoms with Gasteiger partial charge in [-0.05, 0) is 6.42 Å². The number of aromatic nitrogens is 2. The van der Waals surface area contributed by atoms with E-state index in [1.165, 1.54) is 25.7 Å². The van der Waals surface area contributed by atoms with E-state index in [9.17, 15) is 0 Å². The van der Waals surface area contributed by atoms with Crippen LogP contribution in [0.3, 0.4) is 0 Å². The first-order valence-corrected chi connectivity index (χ1v) is 5.60. The predicted molar refractivity (Wildman–Crippen MR) is 54.5 cm³/mol. The van der Waals surface area contributed by atoms with Crippen LogP contribution in [0.15, 0.2) is 9.22 Å². The molecule has 0 aliphatic heterocycles. The normalized spacial score (nSPS) is 10.6. The molecule has 0 atom stereocenters. The van der Waals surface area contributed by atoms with E-state index < -0.39 is 0 Å². The number of nitrogens with zero attached hydrogens (tertiary/aromatic N) is 2. The molecular formula is C9H15BrN2O. The molecule has 4 heteroatoms. The largest absolute Gasteiger partial charge is 0.416 e. The van der Waals surface area contributed by atoms with Gasteiger partial charge in [-0.25, -0.2) is 0 Å². The molecule has 1 heterocycles. The fourth-order valence-electron chi connectivity index (χ4n) is 1.21. The number of hydrogen-bond donors (Lipinski definition) is 0. The van der Waals surface area contributed by atoms with Crippen LogP contribution in [0.25, 0.3) is 0 Å². The van der Waals surface area contributed by atoms with E-state index in [0.29, 0.717) is 4.80 Å². The Kier molecular flexibility index (Phi) is 5.05. The fraction of sp³-hybridized carbons (Fsp3) is 0.778. The van der Waals surface area contributed by atoms with Gasteiger partial charge in [0, 0.05) is 22.4 Å². The topological polar surface area (TPSA) is 38.9 Å². The lowest BCUT2D eigenvalue weighted by Gasteiger charge is -1.95. The standard InChI is InChI=1S/C9H15BrN2O/c1-2-3-4-5-6-7-8-11-12-9(10)13-8/h2-7H2,1H3. The van der Waals surface area contributed by atoms with Crippen molar-refractivity contribution in [1.29, 1.82) is 0 Å². The molecule has 74 valence electrons. The van der Waals surface area contributed by atoms with Gasteiger partial charge in [0.15, 0.2) is 0 Å². The zero-order chi connectivity index (χ0) is 9.52. The Morgan fingerprint density at radius 3 is 2.54 bits per heavy atom. The highest BCUT2D eigenvalue weighted by Gasteiger charge is 2.01. The second-order valence-corrected chi connectivity index (χ2v) is 3.79. The second-order valence-electron chi connectivity index (χ2n) is 3.11. The average molecular weight is 247 g/mol. The van der Waals surface area contributed by atoms with Crippen molar-refractivity contribution in [1.82, 2.24) is 10.2 Å². The molecule has 0 radical (unpaired) electrons. The van der Waals surface area contributed by atoms with Gasteiger partial charge in [-0.15, -0.1) is 10.2 Å². The summed E-state index contributed by atoms with van der Waals surface area (Å²) in [5, 5.41) is 7.60. The summed E-state index contributed by atoms with van der Waals surface area (Å²) in [5.41, 5.74) is 0. The van der Waals surface area contributed by atoms with Gasteiger partial charge in [0.05, 0.1) is 0 Å². The van der Waals surface area contributed by atoms with Gasteiger partial charge >= 0.3 is 0 Å². The zero-order valence-electron chi connectivity index (χ0n) is 7.92. The van der Waals surface area contributed by atoms with Crippen molar-refractivity contribution in [3.8, 4) is 0 Å². The van der Waals surface area contributed by atoms with Gasteiger partial charge in [0.25, 0.3) is 4.80 Å². The number of halogens is 1. The van der Waals surface area contributed by atoms with E-state index in [-0.39, 0.29) is 0 Å². The molecule has 3 nitrogen and oxygen atoms in total. The molecule has 0 spiro atoms. The van der Waals surface area contributed by atoms with Crippen LogP contribution in [0, 0.1) is 0 Å². The lowest BCUT2D eigenvalue weighted by molar-refractivity contribution is 0.459. The number of unbranched alkanes of at least 4 members (excludes halogenated alkanes) is 4. The summed E-state index contributed by atoms with van der Waals surface area (Å²) in [6.45, 7) is 2.22. The lowest BCUT2D eigenvalue weighted by Crippen LogP contribution is -1.86. The number of aryl methyl sites for hydroxylation is 1. The molecule has 0 aromatic carbocycles. The van der Waals surface area contributed by atoms with E-state index in [4.69, 9.17) is 4.42 Å². The van der Waals surface area contributed by atoms with Gasteiger partial charge in [-0.3, -0.25) is 0 Å². The first-order valence-electron chi connectivity index (χ1n) is 4.81. The van der Waals surface area contributed by atoms with Crippen LogP contribution >= 0.6 is 15.9 Å². The van der Waals surface area contributed by atoms with Crippen LogP contribution in [0.2, 0.25) is 0 Å². The Labute approximate surface area is 87.1 Å². The minimum atomic E-state index is 0.482. The van der Waals surface area contributed by atoms with Gasteiger partial charge in [-0.2, -0.15) is 0 Å². The molecule has 0 aliphatic carbocycles. The van der Waals surface area contributed by atoms with Crippen LogP contribution in [0.4, 0.5) is 0 Å². The zero-order valence-corrected chi connectivity index (χ0v) is 9.51. The quantitative estimate of drug-likeness (QED) is 0.723. The third-order valence-electron chi connectivity index (χ3n) is 1.94. The first kappa shape index (κ1) is 10.7. The molecule has 1 aromatic rings. The van der Waals surface area contributed by atoms with Crippen molar-refractivity contribution in [2.24, 2.45) is 0 Å². The summed E-state index contributed by atoms with van der Waals surface area (Å²) in [5.74, 6) is 0.739. The molecule has 0 amide bonds. The Bertz CT molecular complexity index is 237. The van der Waals surface area contributed by atoms with Gasteiger partial charge < -0.3 is 4.42 Å². The molecule has 0 aliphatic rings. The molecule has 0 fully saturated rings. The van der Waals surface area contributed by atoms with Crippen molar-refractivity contribution < 1.29 is 4.42 Å². The summed E-state index contributed by atoms with van der Waals surface area (Å²) >= 11 is 3.13. The number of hydrogen-bond acceptors (Lipinski definition) is 3. The highest BCUT2D eigenvalue weighted by molar-refractivity contribution is 9.10. The third-order valence-corrected chi connectivity index (χ3v) is 2.26. The summed E-state index contributed by atoms with van der Waals surface area (Å²) in [7, 11) is 0. The van der Waals surface area contributed by atoms with E-state index in [1.807, 2.05) is 0 Å². The van der Waals surface area contributed by atoms with Crippen LogP contribution in [-0.4, -0.2) is 10.2 Å². The SMILES string of the molecule is CCCCCCCc1nnc(Br)o1. The predicted octanol–water partition coefficient (Wildman–Crippen LogP) is 3.35. The molecule has 0 bridgehead atoms. The Morgan fingerprint density at radius 2 is 1.92 bits per heavy atom. The van der Waals surface area contributed by atoms with Crippen LogP contribution in [0.1, 0.15) is 44.9 Å². The van der Waals surface area contributed by atoms with E-state index in [0.717, 1.165) is 18.7 Å². The smallest absolute Gasteiger partial charge is 0.284 e. The van der Waals surface area contributed by atoms with E-state index in [2.05, 4.69) is 33.1 Å². The van der Waals surface area contributed by atoms with Crippen LogP contribution in [-0.2, 0) is 6.42 Å². The Hall–Kier alpha value is -0.380. The number of rotatable bonds is 6. The van der Waals surface area contributed by atoms with E-state index >= 15 is 0 Å². The lowest BCUT2D eigenvalue weighted by atomic mass is 10.1. The van der Waals surface area contributed by atoms with Crippen LogP contribution < -0.4 is 0 Å². The highest BCUT2D eigenvalue weighted by Crippen LogP contribution is 2.10. The maximum Gasteiger partial charge on any atom is 0.284 e. The van der Waals surface area contributed by atoms with Crippen molar-refractivity contribution in [2.75, 3.05) is 0 Å². The molecule has 0 saturated heterocycles. The maximum atomic E-state index is 5.18. The molecule has 0 unspecified atom stereocenters. The van der Waals surface area contributed by atoms with Crippen LogP contribution in [0.5, 0.6) is 0 Å².